The maximum Gasteiger partial charge on any atom is 0.253 e. The van der Waals surface area contributed by atoms with Crippen molar-refractivity contribution in [2.24, 2.45) is 0 Å². The fraction of sp³-hybridized carbons (Fsp3) is 0.143. The first-order valence-electron chi connectivity index (χ1n) is 5.91. The predicted molar refractivity (Wildman–Crippen MR) is 70.9 cm³/mol. The van der Waals surface area contributed by atoms with Crippen molar-refractivity contribution < 1.29 is 13.6 Å². The Morgan fingerprint density at radius 1 is 1.35 bits per heavy atom. The summed E-state index contributed by atoms with van der Waals surface area (Å²) in [4.78, 5) is 15.9. The minimum absolute atomic E-state index is 0.0767. The van der Waals surface area contributed by atoms with E-state index in [0.29, 0.717) is 16.9 Å². The summed E-state index contributed by atoms with van der Waals surface area (Å²) in [7, 11) is 0. The number of nitrogens with one attached hydrogen (secondary N) is 1. The summed E-state index contributed by atoms with van der Waals surface area (Å²) < 4.78 is 26.4. The quantitative estimate of drug-likeness (QED) is 0.903. The van der Waals surface area contributed by atoms with Gasteiger partial charge in [0.25, 0.3) is 5.91 Å². The molecule has 104 valence electrons. The van der Waals surface area contributed by atoms with E-state index in [2.05, 4.69) is 10.3 Å². The lowest BCUT2D eigenvalue weighted by Crippen LogP contribution is -2.24. The molecular weight excluding hydrogens is 264 g/mol. The Morgan fingerprint density at radius 3 is 2.85 bits per heavy atom. The molecule has 0 spiro atoms. The van der Waals surface area contributed by atoms with Crippen LogP contribution in [0.4, 0.5) is 14.5 Å². The zero-order chi connectivity index (χ0) is 14.7. The number of carbonyl (C=O) groups excluding carboxylic acids is 1. The van der Waals surface area contributed by atoms with Crippen LogP contribution >= 0.6 is 0 Å². The van der Waals surface area contributed by atoms with Gasteiger partial charge in [0.2, 0.25) is 0 Å². The maximum atomic E-state index is 13.4. The molecule has 2 aromatic rings. The number of carbonyl (C=O) groups is 1. The number of nitrogen functional groups attached to an aromatic ring is 1. The van der Waals surface area contributed by atoms with Gasteiger partial charge in [0.05, 0.1) is 23.1 Å². The summed E-state index contributed by atoms with van der Waals surface area (Å²) in [5.41, 5.74) is 6.82. The monoisotopic (exact) mass is 277 g/mol. The zero-order valence-electron chi connectivity index (χ0n) is 10.8. The van der Waals surface area contributed by atoms with Crippen LogP contribution in [0.15, 0.2) is 30.5 Å². The molecule has 0 atom stereocenters. The normalized spacial score (nSPS) is 10.3. The number of aromatic nitrogens is 1. The van der Waals surface area contributed by atoms with Crippen molar-refractivity contribution in [3.63, 3.8) is 0 Å². The molecule has 0 aliphatic heterocycles. The second-order valence-electron chi connectivity index (χ2n) is 4.32. The smallest absolute Gasteiger partial charge is 0.253 e. The van der Waals surface area contributed by atoms with Gasteiger partial charge in [0.1, 0.15) is 11.6 Å². The average Bonchev–Trinajstić information content (AvgIpc) is 2.42. The van der Waals surface area contributed by atoms with Crippen LogP contribution < -0.4 is 11.1 Å². The van der Waals surface area contributed by atoms with Crippen molar-refractivity contribution in [3.8, 4) is 0 Å². The van der Waals surface area contributed by atoms with Crippen LogP contribution in [0.3, 0.4) is 0 Å². The molecule has 3 N–H and O–H groups in total. The Hall–Kier alpha value is -2.50. The van der Waals surface area contributed by atoms with Crippen LogP contribution in [-0.4, -0.2) is 10.9 Å². The van der Waals surface area contributed by atoms with Gasteiger partial charge in [0.15, 0.2) is 0 Å². The van der Waals surface area contributed by atoms with Crippen LogP contribution in [0, 0.1) is 18.6 Å². The SMILES string of the molecule is Cc1ncc(N)cc1C(=O)NCc1cc(F)ccc1F. The predicted octanol–water partition coefficient (Wildman–Crippen LogP) is 2.18. The summed E-state index contributed by atoms with van der Waals surface area (Å²) in [5, 5.41) is 2.51. The van der Waals surface area contributed by atoms with Gasteiger partial charge in [-0.3, -0.25) is 9.78 Å². The van der Waals surface area contributed by atoms with Gasteiger partial charge in [-0.15, -0.1) is 0 Å². The number of nitrogens with zero attached hydrogens (tertiary/aromatic N) is 1. The zero-order valence-corrected chi connectivity index (χ0v) is 10.8. The Morgan fingerprint density at radius 2 is 2.10 bits per heavy atom. The molecule has 1 aromatic heterocycles. The van der Waals surface area contributed by atoms with Gasteiger partial charge in [0, 0.05) is 12.1 Å². The highest BCUT2D eigenvalue weighted by Crippen LogP contribution is 2.12. The summed E-state index contributed by atoms with van der Waals surface area (Å²) >= 11 is 0. The first-order valence-corrected chi connectivity index (χ1v) is 5.91. The molecule has 1 heterocycles. The molecule has 0 bridgehead atoms. The van der Waals surface area contributed by atoms with E-state index in [4.69, 9.17) is 5.73 Å². The lowest BCUT2D eigenvalue weighted by atomic mass is 10.1. The first kappa shape index (κ1) is 13.9. The number of benzene rings is 1. The third-order valence-corrected chi connectivity index (χ3v) is 2.80. The van der Waals surface area contributed by atoms with E-state index >= 15 is 0 Å². The lowest BCUT2D eigenvalue weighted by Gasteiger charge is -2.08. The van der Waals surface area contributed by atoms with Crippen LogP contribution in [0.5, 0.6) is 0 Å². The van der Waals surface area contributed by atoms with Crippen molar-refractivity contribution >= 4 is 11.6 Å². The number of anilines is 1. The van der Waals surface area contributed by atoms with Gasteiger partial charge >= 0.3 is 0 Å². The first-order chi connectivity index (χ1) is 9.47. The summed E-state index contributed by atoms with van der Waals surface area (Å²) in [6.45, 7) is 1.55. The van der Waals surface area contributed by atoms with E-state index < -0.39 is 17.5 Å². The molecule has 1 amide bonds. The minimum Gasteiger partial charge on any atom is -0.397 e. The topological polar surface area (TPSA) is 68.0 Å². The van der Waals surface area contributed by atoms with E-state index in [-0.39, 0.29) is 12.1 Å². The second-order valence-corrected chi connectivity index (χ2v) is 4.32. The number of pyridine rings is 1. The van der Waals surface area contributed by atoms with Crippen molar-refractivity contribution in [2.45, 2.75) is 13.5 Å². The van der Waals surface area contributed by atoms with Gasteiger partial charge in [-0.2, -0.15) is 0 Å². The van der Waals surface area contributed by atoms with E-state index in [1.165, 1.54) is 12.3 Å². The van der Waals surface area contributed by atoms with E-state index in [1.54, 1.807) is 6.92 Å². The van der Waals surface area contributed by atoms with E-state index in [0.717, 1.165) is 18.2 Å². The molecule has 0 radical (unpaired) electrons. The summed E-state index contributed by atoms with van der Waals surface area (Å²) in [6, 6.07) is 4.57. The average molecular weight is 277 g/mol. The molecule has 0 saturated carbocycles. The molecule has 6 heteroatoms. The molecule has 0 unspecified atom stereocenters. The highest BCUT2D eigenvalue weighted by Gasteiger charge is 2.11. The van der Waals surface area contributed by atoms with Gasteiger partial charge in [-0.05, 0) is 31.2 Å². The van der Waals surface area contributed by atoms with Crippen LogP contribution in [0.25, 0.3) is 0 Å². The molecule has 2 rings (SSSR count). The van der Waals surface area contributed by atoms with E-state index in [1.807, 2.05) is 0 Å². The highest BCUT2D eigenvalue weighted by atomic mass is 19.1. The number of amides is 1. The molecule has 1 aromatic carbocycles. The molecule has 0 aliphatic carbocycles. The van der Waals surface area contributed by atoms with Crippen LogP contribution in [0.1, 0.15) is 21.6 Å². The third kappa shape index (κ3) is 3.09. The standard InChI is InChI=1S/C14H13F2N3O/c1-8-12(5-11(17)7-18-8)14(20)19-6-9-4-10(15)2-3-13(9)16/h2-5,7H,6,17H2,1H3,(H,19,20). The van der Waals surface area contributed by atoms with E-state index in [9.17, 15) is 13.6 Å². The van der Waals surface area contributed by atoms with Crippen LogP contribution in [-0.2, 0) is 6.54 Å². The molecule has 0 fully saturated rings. The van der Waals surface area contributed by atoms with Gasteiger partial charge in [-0.25, -0.2) is 8.78 Å². The molecule has 0 saturated heterocycles. The maximum absolute atomic E-state index is 13.4. The minimum atomic E-state index is -0.575. The Balaban J connectivity index is 2.12. The van der Waals surface area contributed by atoms with Crippen molar-refractivity contribution in [3.05, 3.63) is 58.9 Å². The largest absolute Gasteiger partial charge is 0.397 e. The van der Waals surface area contributed by atoms with Crippen LogP contribution in [0.2, 0.25) is 0 Å². The van der Waals surface area contributed by atoms with Crippen molar-refractivity contribution in [2.75, 3.05) is 5.73 Å². The Bertz CT molecular complexity index is 659. The molecule has 20 heavy (non-hydrogen) atoms. The van der Waals surface area contributed by atoms with Crippen molar-refractivity contribution in [1.82, 2.24) is 10.3 Å². The fourth-order valence-electron chi connectivity index (χ4n) is 1.73. The van der Waals surface area contributed by atoms with Crippen molar-refractivity contribution in [1.29, 1.82) is 0 Å². The Labute approximate surface area is 114 Å². The Kier molecular flexibility index (Phi) is 3.93. The molecule has 0 aliphatic rings. The lowest BCUT2D eigenvalue weighted by molar-refractivity contribution is 0.0949. The summed E-state index contributed by atoms with van der Waals surface area (Å²) in [5.74, 6) is -1.57. The number of aryl methyl sites for hydroxylation is 1. The number of nitrogens with two attached hydrogens (primary N) is 1. The fourth-order valence-corrected chi connectivity index (χ4v) is 1.73. The molecule has 4 nitrogen and oxygen atoms in total. The number of hydrogen-bond donors (Lipinski definition) is 2. The highest BCUT2D eigenvalue weighted by molar-refractivity contribution is 5.95. The second kappa shape index (κ2) is 5.64. The molecular formula is C14H13F2N3O. The van der Waals surface area contributed by atoms with Gasteiger partial charge in [-0.1, -0.05) is 0 Å². The summed E-state index contributed by atoms with van der Waals surface area (Å²) in [6.07, 6.45) is 1.44. The third-order valence-electron chi connectivity index (χ3n) is 2.80. The van der Waals surface area contributed by atoms with Gasteiger partial charge < -0.3 is 11.1 Å². The number of rotatable bonds is 3. The number of halogens is 2. The number of hydrogen-bond acceptors (Lipinski definition) is 3.